The van der Waals surface area contributed by atoms with Gasteiger partial charge in [-0.2, -0.15) is 0 Å². The minimum Gasteiger partial charge on any atom is -0.356 e. The maximum atomic E-state index is 5.91. The van der Waals surface area contributed by atoms with Crippen LogP contribution in [0.4, 0.5) is 0 Å². The molecule has 0 saturated heterocycles. The number of hydrogen-bond acceptors (Lipinski definition) is 1. The molecule has 0 radical (unpaired) electrons. The van der Waals surface area contributed by atoms with Crippen molar-refractivity contribution in [2.45, 2.75) is 6.42 Å². The molecule has 0 aliphatic rings. The summed E-state index contributed by atoms with van der Waals surface area (Å²) in [6, 6.07) is 7.88. The molecule has 5 heteroatoms. The van der Waals surface area contributed by atoms with Crippen molar-refractivity contribution in [2.75, 3.05) is 20.1 Å². The van der Waals surface area contributed by atoms with E-state index in [0.29, 0.717) is 6.54 Å². The molecule has 1 rings (SSSR count). The molecule has 18 heavy (non-hydrogen) atoms. The van der Waals surface area contributed by atoms with Gasteiger partial charge >= 0.3 is 0 Å². The molecule has 2 N–H and O–H groups in total. The molecule has 0 heterocycles. The van der Waals surface area contributed by atoms with Gasteiger partial charge in [-0.1, -0.05) is 29.8 Å². The number of nitrogens with one attached hydrogen (secondary N) is 2. The number of aliphatic imine (C=N–C) groups is 1. The summed E-state index contributed by atoms with van der Waals surface area (Å²) in [6.07, 6.45) is 2.71. The molecule has 0 bridgehead atoms. The van der Waals surface area contributed by atoms with Crippen LogP contribution >= 0.6 is 35.6 Å². The molecule has 0 amide bonds. The van der Waals surface area contributed by atoms with Gasteiger partial charge in [0.2, 0.25) is 0 Å². The Morgan fingerprint density at radius 3 is 2.83 bits per heavy atom. The highest BCUT2D eigenvalue weighted by Crippen LogP contribution is 2.10. The van der Waals surface area contributed by atoms with Gasteiger partial charge in [0.25, 0.3) is 0 Å². The molecular weight excluding hydrogens is 361 g/mol. The van der Waals surface area contributed by atoms with Crippen molar-refractivity contribution in [1.29, 1.82) is 0 Å². The third-order valence-corrected chi connectivity index (χ3v) is 2.47. The first kappa shape index (κ1) is 17.2. The largest absolute Gasteiger partial charge is 0.356 e. The van der Waals surface area contributed by atoms with Gasteiger partial charge in [-0.05, 0) is 24.1 Å². The monoisotopic (exact) mass is 379 g/mol. The predicted molar refractivity (Wildman–Crippen MR) is 90.1 cm³/mol. The van der Waals surface area contributed by atoms with Gasteiger partial charge in [-0.15, -0.1) is 30.6 Å². The van der Waals surface area contributed by atoms with E-state index in [9.17, 15) is 0 Å². The van der Waals surface area contributed by atoms with Gasteiger partial charge in [-0.3, -0.25) is 4.99 Å². The van der Waals surface area contributed by atoms with Crippen molar-refractivity contribution < 1.29 is 0 Å². The third kappa shape index (κ3) is 6.86. The van der Waals surface area contributed by atoms with Crippen LogP contribution in [0.25, 0.3) is 0 Å². The number of hydrogen-bond donors (Lipinski definition) is 2. The minimum absolute atomic E-state index is 0. The zero-order valence-electron chi connectivity index (χ0n) is 10.4. The number of guanidine groups is 1. The summed E-state index contributed by atoms with van der Waals surface area (Å²) in [5, 5.41) is 7.11. The van der Waals surface area contributed by atoms with E-state index in [2.05, 4.69) is 28.3 Å². The van der Waals surface area contributed by atoms with E-state index < -0.39 is 0 Å². The second-order valence-electron chi connectivity index (χ2n) is 3.55. The van der Waals surface area contributed by atoms with E-state index in [1.807, 2.05) is 18.2 Å². The summed E-state index contributed by atoms with van der Waals surface area (Å²) in [5.41, 5.74) is 1.21. The third-order valence-electron chi connectivity index (χ3n) is 2.23. The fraction of sp³-hybridized carbons (Fsp3) is 0.308. The highest BCUT2D eigenvalue weighted by atomic mass is 127. The van der Waals surface area contributed by atoms with E-state index in [1.165, 1.54) is 5.56 Å². The van der Waals surface area contributed by atoms with Crippen LogP contribution in [0, 0.1) is 0 Å². The lowest BCUT2D eigenvalue weighted by atomic mass is 10.1. The van der Waals surface area contributed by atoms with Gasteiger partial charge in [0.1, 0.15) is 0 Å². The normalized spacial score (nSPS) is 10.4. The van der Waals surface area contributed by atoms with E-state index in [0.717, 1.165) is 23.9 Å². The Morgan fingerprint density at radius 2 is 2.22 bits per heavy atom. The lowest BCUT2D eigenvalue weighted by Crippen LogP contribution is -2.38. The quantitative estimate of drug-likeness (QED) is 0.357. The van der Waals surface area contributed by atoms with Crippen LogP contribution in [-0.4, -0.2) is 26.1 Å². The second-order valence-corrected chi connectivity index (χ2v) is 3.98. The van der Waals surface area contributed by atoms with Crippen LogP contribution in [0.3, 0.4) is 0 Å². The zero-order valence-corrected chi connectivity index (χ0v) is 13.5. The van der Waals surface area contributed by atoms with E-state index in [-0.39, 0.29) is 24.0 Å². The molecule has 1 aromatic carbocycles. The molecule has 0 aromatic heterocycles. The topological polar surface area (TPSA) is 36.4 Å². The maximum Gasteiger partial charge on any atom is 0.191 e. The lowest BCUT2D eigenvalue weighted by Gasteiger charge is -2.10. The molecular formula is C13H19ClIN3. The van der Waals surface area contributed by atoms with Gasteiger partial charge in [0.15, 0.2) is 5.96 Å². The van der Waals surface area contributed by atoms with Crippen LogP contribution < -0.4 is 10.6 Å². The lowest BCUT2D eigenvalue weighted by molar-refractivity contribution is 0.822. The van der Waals surface area contributed by atoms with E-state index in [4.69, 9.17) is 11.6 Å². The maximum absolute atomic E-state index is 5.91. The van der Waals surface area contributed by atoms with Gasteiger partial charge in [0, 0.05) is 25.2 Å². The number of benzene rings is 1. The zero-order chi connectivity index (χ0) is 12.5. The van der Waals surface area contributed by atoms with Crippen molar-refractivity contribution in [3.63, 3.8) is 0 Å². The van der Waals surface area contributed by atoms with E-state index in [1.54, 1.807) is 13.1 Å². The summed E-state index contributed by atoms with van der Waals surface area (Å²) < 4.78 is 0. The van der Waals surface area contributed by atoms with Crippen LogP contribution in [0.2, 0.25) is 5.02 Å². The first-order chi connectivity index (χ1) is 8.26. The average molecular weight is 380 g/mol. The van der Waals surface area contributed by atoms with Crippen LogP contribution in [0.1, 0.15) is 5.56 Å². The van der Waals surface area contributed by atoms with Crippen molar-refractivity contribution in [2.24, 2.45) is 4.99 Å². The second kappa shape index (κ2) is 10.2. The predicted octanol–water partition coefficient (Wildman–Crippen LogP) is 2.85. The van der Waals surface area contributed by atoms with Gasteiger partial charge in [-0.25, -0.2) is 0 Å². The standard InChI is InChI=1S/C13H18ClN3.HI/c1-3-8-16-13(15-2)17-9-7-11-5-4-6-12(14)10-11;/h3-6,10H,1,7-9H2,2H3,(H2,15,16,17);1H. The van der Waals surface area contributed by atoms with Crippen molar-refractivity contribution in [3.05, 3.63) is 47.5 Å². The van der Waals surface area contributed by atoms with Crippen molar-refractivity contribution in [1.82, 2.24) is 10.6 Å². The number of rotatable bonds is 5. The molecule has 0 unspecified atom stereocenters. The molecule has 0 fully saturated rings. The van der Waals surface area contributed by atoms with Crippen LogP contribution in [0.15, 0.2) is 41.9 Å². The summed E-state index contributed by atoms with van der Waals surface area (Å²) >= 11 is 5.91. The van der Waals surface area contributed by atoms with Gasteiger partial charge < -0.3 is 10.6 Å². The Bertz CT molecular complexity index is 394. The Kier molecular flexibility index (Phi) is 9.77. The summed E-state index contributed by atoms with van der Waals surface area (Å²) in [5.74, 6) is 0.784. The van der Waals surface area contributed by atoms with Gasteiger partial charge in [0.05, 0.1) is 0 Å². The first-order valence-corrected chi connectivity index (χ1v) is 5.94. The fourth-order valence-electron chi connectivity index (χ4n) is 1.41. The summed E-state index contributed by atoms with van der Waals surface area (Å²) in [4.78, 5) is 4.09. The Balaban J connectivity index is 0.00000289. The molecule has 1 aromatic rings. The SMILES string of the molecule is C=CCNC(=NC)NCCc1cccc(Cl)c1.I. The Morgan fingerprint density at radius 1 is 1.44 bits per heavy atom. The smallest absolute Gasteiger partial charge is 0.191 e. The molecule has 0 atom stereocenters. The number of nitrogens with zero attached hydrogens (tertiary/aromatic N) is 1. The molecule has 0 saturated carbocycles. The minimum atomic E-state index is 0. The Labute approximate surface area is 131 Å². The molecule has 0 spiro atoms. The van der Waals surface area contributed by atoms with E-state index >= 15 is 0 Å². The number of halogens is 2. The molecule has 3 nitrogen and oxygen atoms in total. The van der Waals surface area contributed by atoms with Crippen LogP contribution in [-0.2, 0) is 6.42 Å². The highest BCUT2D eigenvalue weighted by molar-refractivity contribution is 14.0. The van der Waals surface area contributed by atoms with Crippen LogP contribution in [0.5, 0.6) is 0 Å². The Hall–Kier alpha value is -0.750. The van der Waals surface area contributed by atoms with Crippen molar-refractivity contribution >= 4 is 41.5 Å². The first-order valence-electron chi connectivity index (χ1n) is 5.56. The van der Waals surface area contributed by atoms with Crippen molar-refractivity contribution in [3.8, 4) is 0 Å². The fourth-order valence-corrected chi connectivity index (χ4v) is 1.62. The highest BCUT2D eigenvalue weighted by Gasteiger charge is 1.97. The molecule has 100 valence electrons. The summed E-state index contributed by atoms with van der Waals surface area (Å²) in [7, 11) is 1.75. The molecule has 0 aliphatic heterocycles. The summed E-state index contributed by atoms with van der Waals surface area (Å²) in [6.45, 7) is 5.17. The molecule has 0 aliphatic carbocycles. The average Bonchev–Trinajstić information content (AvgIpc) is 2.33.